The number of hydrogen-bond acceptors (Lipinski definition) is 6. The molecule has 0 aromatic heterocycles. The zero-order valence-electron chi connectivity index (χ0n) is 11.6. The molecule has 1 N–H and O–H groups in total. The number of aliphatic hydroxyl groups is 1. The summed E-state index contributed by atoms with van der Waals surface area (Å²) in [6.45, 7) is 6.38. The molecule has 0 aliphatic carbocycles. The second-order valence-electron chi connectivity index (χ2n) is 4.04. The van der Waals surface area contributed by atoms with Crippen LogP contribution in [0.5, 0.6) is 0 Å². The third-order valence-electron chi connectivity index (χ3n) is 2.81. The van der Waals surface area contributed by atoms with Crippen molar-refractivity contribution in [3.8, 4) is 0 Å². The van der Waals surface area contributed by atoms with Crippen molar-refractivity contribution in [2.75, 3.05) is 20.3 Å². The first-order valence-electron chi connectivity index (χ1n) is 5.91. The van der Waals surface area contributed by atoms with Gasteiger partial charge in [-0.3, -0.25) is 9.59 Å². The molecule has 0 bridgehead atoms. The van der Waals surface area contributed by atoms with Crippen LogP contribution in [0.3, 0.4) is 0 Å². The van der Waals surface area contributed by atoms with E-state index in [1.807, 2.05) is 0 Å². The molecule has 0 rings (SSSR count). The SMILES string of the molecule is CCOC(=O)C(C(=O)OCC)C(C)(O)C(C)OC. The lowest BCUT2D eigenvalue weighted by Crippen LogP contribution is -2.53. The Morgan fingerprint density at radius 1 is 1.17 bits per heavy atom. The van der Waals surface area contributed by atoms with Gasteiger partial charge in [0.1, 0.15) is 5.60 Å². The Kier molecular flexibility index (Phi) is 6.86. The first-order chi connectivity index (χ1) is 8.32. The number of carbonyl (C=O) groups excluding carboxylic acids is 2. The van der Waals surface area contributed by atoms with Gasteiger partial charge < -0.3 is 19.3 Å². The highest BCUT2D eigenvalue weighted by Crippen LogP contribution is 2.26. The standard InChI is InChI=1S/C12H22O6/c1-6-17-10(13)9(11(14)18-7-2)12(4,15)8(3)16-5/h8-9,15H,6-7H2,1-5H3. The van der Waals surface area contributed by atoms with Crippen molar-refractivity contribution in [2.45, 2.75) is 39.4 Å². The lowest BCUT2D eigenvalue weighted by molar-refractivity contribution is -0.183. The van der Waals surface area contributed by atoms with Crippen LogP contribution in [0.2, 0.25) is 0 Å². The van der Waals surface area contributed by atoms with Gasteiger partial charge in [0.25, 0.3) is 0 Å². The summed E-state index contributed by atoms with van der Waals surface area (Å²) in [6.07, 6.45) is -0.726. The molecule has 0 spiro atoms. The van der Waals surface area contributed by atoms with Crippen molar-refractivity contribution in [1.29, 1.82) is 0 Å². The average molecular weight is 262 g/mol. The monoisotopic (exact) mass is 262 g/mol. The predicted octanol–water partition coefficient (Wildman–Crippen LogP) is 0.515. The molecule has 0 aliphatic heterocycles. The van der Waals surface area contributed by atoms with Crippen LogP contribution in [-0.2, 0) is 23.8 Å². The Labute approximate surface area is 107 Å². The van der Waals surface area contributed by atoms with Crippen LogP contribution in [0.1, 0.15) is 27.7 Å². The summed E-state index contributed by atoms with van der Waals surface area (Å²) in [5, 5.41) is 10.3. The highest BCUT2D eigenvalue weighted by molar-refractivity contribution is 5.96. The maximum Gasteiger partial charge on any atom is 0.323 e. The van der Waals surface area contributed by atoms with Crippen molar-refractivity contribution in [3.05, 3.63) is 0 Å². The smallest absolute Gasteiger partial charge is 0.323 e. The van der Waals surface area contributed by atoms with Crippen molar-refractivity contribution >= 4 is 11.9 Å². The zero-order valence-corrected chi connectivity index (χ0v) is 11.6. The largest absolute Gasteiger partial charge is 0.465 e. The van der Waals surface area contributed by atoms with Gasteiger partial charge in [0.15, 0.2) is 5.92 Å². The van der Waals surface area contributed by atoms with E-state index in [1.54, 1.807) is 20.8 Å². The number of ether oxygens (including phenoxy) is 3. The summed E-state index contributed by atoms with van der Waals surface area (Å²) in [5.74, 6) is -3.05. The number of hydrogen-bond donors (Lipinski definition) is 1. The van der Waals surface area contributed by atoms with Crippen LogP contribution >= 0.6 is 0 Å². The molecule has 6 heteroatoms. The highest BCUT2D eigenvalue weighted by Gasteiger charge is 2.49. The van der Waals surface area contributed by atoms with Crippen molar-refractivity contribution in [3.63, 3.8) is 0 Å². The Bertz CT molecular complexity index is 268. The maximum atomic E-state index is 11.8. The molecule has 18 heavy (non-hydrogen) atoms. The lowest BCUT2D eigenvalue weighted by atomic mass is 9.84. The lowest BCUT2D eigenvalue weighted by Gasteiger charge is -2.33. The van der Waals surface area contributed by atoms with Crippen molar-refractivity contribution in [1.82, 2.24) is 0 Å². The van der Waals surface area contributed by atoms with Crippen molar-refractivity contribution in [2.24, 2.45) is 5.92 Å². The fourth-order valence-corrected chi connectivity index (χ4v) is 1.50. The third-order valence-corrected chi connectivity index (χ3v) is 2.81. The molecule has 0 saturated heterocycles. The Morgan fingerprint density at radius 2 is 1.56 bits per heavy atom. The summed E-state index contributed by atoms with van der Waals surface area (Å²) in [4.78, 5) is 23.6. The van der Waals surface area contributed by atoms with Crippen LogP contribution in [0.25, 0.3) is 0 Å². The van der Waals surface area contributed by atoms with Gasteiger partial charge in [-0.2, -0.15) is 0 Å². The van der Waals surface area contributed by atoms with Gasteiger partial charge in [-0.1, -0.05) is 0 Å². The minimum atomic E-state index is -1.70. The summed E-state index contributed by atoms with van der Waals surface area (Å²) in [5.41, 5.74) is -1.70. The van der Waals surface area contributed by atoms with Crippen LogP contribution in [0.4, 0.5) is 0 Å². The molecule has 0 aliphatic rings. The van der Waals surface area contributed by atoms with E-state index in [2.05, 4.69) is 0 Å². The van der Waals surface area contributed by atoms with Gasteiger partial charge in [-0.25, -0.2) is 0 Å². The molecule has 6 nitrogen and oxygen atoms in total. The number of rotatable bonds is 7. The summed E-state index contributed by atoms with van der Waals surface area (Å²) in [6, 6.07) is 0. The quantitative estimate of drug-likeness (QED) is 0.532. The summed E-state index contributed by atoms with van der Waals surface area (Å²) >= 11 is 0. The van der Waals surface area contributed by atoms with Crippen LogP contribution in [0, 0.1) is 5.92 Å². The number of carbonyl (C=O) groups is 2. The topological polar surface area (TPSA) is 82.1 Å². The molecule has 0 aromatic rings. The van der Waals surface area contributed by atoms with Gasteiger partial charge in [0.2, 0.25) is 0 Å². The highest BCUT2D eigenvalue weighted by atomic mass is 16.6. The fourth-order valence-electron chi connectivity index (χ4n) is 1.50. The Hall–Kier alpha value is -1.14. The molecule has 0 saturated carbocycles. The zero-order chi connectivity index (χ0) is 14.3. The molecule has 0 fully saturated rings. The Morgan fingerprint density at radius 3 is 1.83 bits per heavy atom. The number of methoxy groups -OCH3 is 1. The maximum absolute atomic E-state index is 11.8. The van der Waals surface area contributed by atoms with Gasteiger partial charge in [-0.05, 0) is 27.7 Å². The first-order valence-corrected chi connectivity index (χ1v) is 5.91. The summed E-state index contributed by atoms with van der Waals surface area (Å²) < 4.78 is 14.6. The third kappa shape index (κ3) is 3.96. The molecular weight excluding hydrogens is 240 g/mol. The first kappa shape index (κ1) is 16.9. The van der Waals surface area contributed by atoms with Crippen LogP contribution in [0.15, 0.2) is 0 Å². The van der Waals surface area contributed by atoms with E-state index in [0.717, 1.165) is 0 Å². The second-order valence-corrected chi connectivity index (χ2v) is 4.04. The van der Waals surface area contributed by atoms with Gasteiger partial charge in [0, 0.05) is 7.11 Å². The molecule has 0 heterocycles. The Balaban J connectivity index is 5.19. The molecule has 0 amide bonds. The molecule has 2 unspecified atom stereocenters. The molecule has 0 aromatic carbocycles. The van der Waals surface area contributed by atoms with E-state index in [-0.39, 0.29) is 13.2 Å². The van der Waals surface area contributed by atoms with Gasteiger partial charge in [-0.15, -0.1) is 0 Å². The fraction of sp³-hybridized carbons (Fsp3) is 0.833. The minimum Gasteiger partial charge on any atom is -0.465 e. The molecule has 0 radical (unpaired) electrons. The van der Waals surface area contributed by atoms with E-state index in [1.165, 1.54) is 14.0 Å². The van der Waals surface area contributed by atoms with Crippen molar-refractivity contribution < 1.29 is 28.9 Å². The van der Waals surface area contributed by atoms with E-state index in [0.29, 0.717) is 0 Å². The predicted molar refractivity (Wildman–Crippen MR) is 63.9 cm³/mol. The summed E-state index contributed by atoms with van der Waals surface area (Å²) in [7, 11) is 1.38. The van der Waals surface area contributed by atoms with E-state index in [4.69, 9.17) is 14.2 Å². The van der Waals surface area contributed by atoms with E-state index < -0.39 is 29.6 Å². The van der Waals surface area contributed by atoms with Gasteiger partial charge >= 0.3 is 11.9 Å². The molecule has 2 atom stereocenters. The second kappa shape index (κ2) is 7.33. The average Bonchev–Trinajstić information content (AvgIpc) is 2.28. The minimum absolute atomic E-state index is 0.117. The van der Waals surface area contributed by atoms with E-state index in [9.17, 15) is 14.7 Å². The normalized spacial score (nSPS) is 15.9. The van der Waals surface area contributed by atoms with Crippen LogP contribution in [-0.4, -0.2) is 49.1 Å². The van der Waals surface area contributed by atoms with E-state index >= 15 is 0 Å². The number of esters is 2. The van der Waals surface area contributed by atoms with Gasteiger partial charge in [0.05, 0.1) is 19.3 Å². The molecule has 106 valence electrons. The molecular formula is C12H22O6. The van der Waals surface area contributed by atoms with Crippen LogP contribution < -0.4 is 0 Å².